The zero-order chi connectivity index (χ0) is 8.84. The minimum Gasteiger partial charge on any atom is -0.343 e. The van der Waals surface area contributed by atoms with Crippen LogP contribution in [0.4, 0.5) is 5.13 Å². The highest BCUT2D eigenvalue weighted by Crippen LogP contribution is 2.41. The predicted octanol–water partition coefficient (Wildman–Crippen LogP) is 2.49. The number of nitrogens with zero attached hydrogens (tertiary/aromatic N) is 2. The number of halogens is 1. The molecule has 2 bridgehead atoms. The lowest BCUT2D eigenvalue weighted by Crippen LogP contribution is -2.33. The Morgan fingerprint density at radius 2 is 2.54 bits per heavy atom. The minimum absolute atomic E-state index is 0.635. The van der Waals surface area contributed by atoms with Crippen LogP contribution in [0.15, 0.2) is 5.38 Å². The van der Waals surface area contributed by atoms with Gasteiger partial charge in [-0.3, -0.25) is 0 Å². The van der Waals surface area contributed by atoms with E-state index in [1.165, 1.54) is 18.7 Å². The van der Waals surface area contributed by atoms with E-state index in [0.717, 1.165) is 16.4 Å². The van der Waals surface area contributed by atoms with Crippen LogP contribution in [0.25, 0.3) is 0 Å². The van der Waals surface area contributed by atoms with E-state index in [4.69, 9.17) is 11.6 Å². The summed E-state index contributed by atoms with van der Waals surface area (Å²) in [5.41, 5.74) is 0. The molecule has 2 atom stereocenters. The fourth-order valence-electron chi connectivity index (χ4n) is 2.01. The normalized spacial score (nSPS) is 31.6. The summed E-state index contributed by atoms with van der Waals surface area (Å²) in [6, 6.07) is 0.720. The summed E-state index contributed by atoms with van der Waals surface area (Å²) in [4.78, 5) is 6.73. The first kappa shape index (κ1) is 8.38. The average molecular weight is 233 g/mol. The molecule has 70 valence electrons. The lowest BCUT2D eigenvalue weighted by molar-refractivity contribution is 0.760. The third kappa shape index (κ3) is 1.35. The summed E-state index contributed by atoms with van der Waals surface area (Å²) in [7, 11) is 0. The predicted molar refractivity (Wildman–Crippen MR) is 59.1 cm³/mol. The van der Waals surface area contributed by atoms with Crippen LogP contribution < -0.4 is 4.90 Å². The fraction of sp³-hybridized carbons (Fsp3) is 0.625. The molecule has 0 radical (unpaired) electrons. The monoisotopic (exact) mass is 232 g/mol. The third-order valence-electron chi connectivity index (χ3n) is 2.61. The van der Waals surface area contributed by atoms with Crippen molar-refractivity contribution in [2.24, 2.45) is 0 Å². The van der Waals surface area contributed by atoms with E-state index in [0.29, 0.717) is 5.15 Å². The molecular formula is C8H9ClN2S2. The topological polar surface area (TPSA) is 16.1 Å². The first-order valence-corrected chi connectivity index (χ1v) is 6.63. The second kappa shape index (κ2) is 3.04. The molecule has 2 aliphatic rings. The van der Waals surface area contributed by atoms with E-state index in [1.807, 2.05) is 5.38 Å². The highest BCUT2D eigenvalue weighted by Gasteiger charge is 2.39. The maximum Gasteiger partial charge on any atom is 0.187 e. The molecule has 1 aromatic heterocycles. The van der Waals surface area contributed by atoms with Crippen molar-refractivity contribution >= 4 is 39.8 Å². The second-order valence-electron chi connectivity index (χ2n) is 3.45. The van der Waals surface area contributed by atoms with Gasteiger partial charge in [-0.15, -0.1) is 11.3 Å². The van der Waals surface area contributed by atoms with Crippen molar-refractivity contribution < 1.29 is 0 Å². The van der Waals surface area contributed by atoms with E-state index in [-0.39, 0.29) is 0 Å². The van der Waals surface area contributed by atoms with Crippen molar-refractivity contribution in [3.63, 3.8) is 0 Å². The smallest absolute Gasteiger partial charge is 0.187 e. The van der Waals surface area contributed by atoms with Crippen LogP contribution in [0.2, 0.25) is 5.15 Å². The van der Waals surface area contributed by atoms with Crippen LogP contribution in [0.3, 0.4) is 0 Å². The lowest BCUT2D eigenvalue weighted by atomic mass is 10.2. The van der Waals surface area contributed by atoms with E-state index in [9.17, 15) is 0 Å². The zero-order valence-electron chi connectivity index (χ0n) is 6.94. The molecule has 3 heterocycles. The van der Waals surface area contributed by atoms with Gasteiger partial charge in [-0.05, 0) is 6.42 Å². The van der Waals surface area contributed by atoms with Crippen LogP contribution in [0.1, 0.15) is 6.42 Å². The van der Waals surface area contributed by atoms with Gasteiger partial charge in [0.15, 0.2) is 5.13 Å². The Hall–Kier alpha value is 0.0700. The van der Waals surface area contributed by atoms with Gasteiger partial charge in [0.05, 0.1) is 0 Å². The summed E-state index contributed by atoms with van der Waals surface area (Å²) in [5.74, 6) is 1.27. The first-order valence-electron chi connectivity index (χ1n) is 4.32. The summed E-state index contributed by atoms with van der Waals surface area (Å²) in [5, 5.41) is 4.50. The average Bonchev–Trinajstić information content (AvgIpc) is 2.77. The molecule has 2 nitrogen and oxygen atoms in total. The maximum absolute atomic E-state index is 5.81. The minimum atomic E-state index is 0.635. The number of hydrogen-bond acceptors (Lipinski definition) is 4. The van der Waals surface area contributed by atoms with E-state index in [2.05, 4.69) is 21.6 Å². The van der Waals surface area contributed by atoms with Crippen LogP contribution in [0, 0.1) is 0 Å². The SMILES string of the molecule is Clc1csc(N2CC3CC2CS3)n1. The molecule has 2 saturated heterocycles. The number of thiazole rings is 1. The molecule has 2 unspecified atom stereocenters. The van der Waals surface area contributed by atoms with Crippen molar-refractivity contribution in [2.75, 3.05) is 17.2 Å². The molecule has 3 rings (SSSR count). The van der Waals surface area contributed by atoms with Gasteiger partial charge in [0, 0.05) is 29.0 Å². The van der Waals surface area contributed by atoms with E-state index >= 15 is 0 Å². The Kier molecular flexibility index (Phi) is 1.96. The quantitative estimate of drug-likeness (QED) is 0.740. The number of rotatable bonds is 1. The molecule has 1 aromatic rings. The number of aromatic nitrogens is 1. The van der Waals surface area contributed by atoms with Crippen molar-refractivity contribution in [2.45, 2.75) is 17.7 Å². The van der Waals surface area contributed by atoms with Gasteiger partial charge in [-0.2, -0.15) is 11.8 Å². The molecule has 0 aromatic carbocycles. The van der Waals surface area contributed by atoms with Crippen molar-refractivity contribution in [1.29, 1.82) is 0 Å². The number of hydrogen-bond donors (Lipinski definition) is 0. The van der Waals surface area contributed by atoms with Gasteiger partial charge in [0.2, 0.25) is 0 Å². The Balaban J connectivity index is 1.87. The standard InChI is InChI=1S/C8H9ClN2S2/c9-7-4-13-8(10-7)11-2-6-1-5(11)3-12-6/h4-6H,1-3H2. The van der Waals surface area contributed by atoms with E-state index in [1.54, 1.807) is 11.3 Å². The number of thioether (sulfide) groups is 1. The molecule has 0 N–H and O–H groups in total. The van der Waals surface area contributed by atoms with Crippen molar-refractivity contribution in [3.05, 3.63) is 10.5 Å². The molecule has 0 amide bonds. The molecule has 2 aliphatic heterocycles. The van der Waals surface area contributed by atoms with E-state index < -0.39 is 0 Å². The van der Waals surface area contributed by atoms with Gasteiger partial charge in [-0.25, -0.2) is 4.98 Å². The first-order chi connectivity index (χ1) is 6.33. The van der Waals surface area contributed by atoms with Crippen LogP contribution >= 0.6 is 34.7 Å². The largest absolute Gasteiger partial charge is 0.343 e. The summed E-state index contributed by atoms with van der Waals surface area (Å²) >= 11 is 9.57. The molecule has 13 heavy (non-hydrogen) atoms. The molecule has 5 heteroatoms. The van der Waals surface area contributed by atoms with Crippen LogP contribution in [-0.4, -0.2) is 28.6 Å². The number of anilines is 1. The van der Waals surface area contributed by atoms with Gasteiger partial charge in [-0.1, -0.05) is 11.6 Å². The highest BCUT2D eigenvalue weighted by molar-refractivity contribution is 8.00. The van der Waals surface area contributed by atoms with Crippen LogP contribution in [-0.2, 0) is 0 Å². The molecule has 0 saturated carbocycles. The second-order valence-corrected chi connectivity index (χ2v) is 6.01. The Bertz CT molecular complexity index is 328. The lowest BCUT2D eigenvalue weighted by Gasteiger charge is -2.25. The Labute approximate surface area is 90.3 Å². The van der Waals surface area contributed by atoms with Gasteiger partial charge in [0.25, 0.3) is 0 Å². The fourth-order valence-corrected chi connectivity index (χ4v) is 4.48. The van der Waals surface area contributed by atoms with Gasteiger partial charge in [0.1, 0.15) is 5.15 Å². The summed E-state index contributed by atoms with van der Waals surface area (Å²) in [6.07, 6.45) is 1.34. The summed E-state index contributed by atoms with van der Waals surface area (Å²) < 4.78 is 0. The Morgan fingerprint density at radius 1 is 1.62 bits per heavy atom. The Morgan fingerprint density at radius 3 is 3.08 bits per heavy atom. The summed E-state index contributed by atoms with van der Waals surface area (Å²) in [6.45, 7) is 1.17. The molecule has 0 aliphatic carbocycles. The zero-order valence-corrected chi connectivity index (χ0v) is 9.33. The van der Waals surface area contributed by atoms with Gasteiger partial charge < -0.3 is 4.90 Å². The highest BCUT2D eigenvalue weighted by atomic mass is 35.5. The molecular weight excluding hydrogens is 224 g/mol. The molecule has 0 spiro atoms. The molecule has 2 fully saturated rings. The van der Waals surface area contributed by atoms with Gasteiger partial charge >= 0.3 is 0 Å². The number of fused-ring (bicyclic) bond motifs is 2. The van der Waals surface area contributed by atoms with Crippen LogP contribution in [0.5, 0.6) is 0 Å². The maximum atomic E-state index is 5.81. The third-order valence-corrected chi connectivity index (χ3v) is 5.20. The van der Waals surface area contributed by atoms with Crippen molar-refractivity contribution in [1.82, 2.24) is 4.98 Å². The van der Waals surface area contributed by atoms with Crippen molar-refractivity contribution in [3.8, 4) is 0 Å².